The molecule has 0 saturated carbocycles. The molecule has 0 aliphatic carbocycles. The van der Waals surface area contributed by atoms with Gasteiger partial charge in [0.2, 0.25) is 0 Å². The summed E-state index contributed by atoms with van der Waals surface area (Å²) >= 11 is 0. The fourth-order valence-corrected chi connectivity index (χ4v) is 4.05. The Kier molecular flexibility index (Phi) is 7.63. The van der Waals surface area contributed by atoms with Crippen molar-refractivity contribution in [3.05, 3.63) is 120 Å². The maximum absolute atomic E-state index is 3.89. The first-order valence-corrected chi connectivity index (χ1v) is 10.4. The molecule has 1 nitrogen and oxygen atoms in total. The van der Waals surface area contributed by atoms with E-state index in [0.717, 1.165) is 30.5 Å². The molecule has 0 radical (unpaired) electrons. The summed E-state index contributed by atoms with van der Waals surface area (Å²) in [5.74, 6) is 0. The lowest BCUT2D eigenvalue weighted by molar-refractivity contribution is -0.966. The van der Waals surface area contributed by atoms with Gasteiger partial charge in [0.05, 0.1) is 6.54 Å². The summed E-state index contributed by atoms with van der Waals surface area (Å²) in [4.78, 5) is 0. The zero-order valence-electron chi connectivity index (χ0n) is 16.8. The van der Waals surface area contributed by atoms with Gasteiger partial charge < -0.3 is 4.48 Å². The average molecular weight is 371 g/mol. The monoisotopic (exact) mass is 370 g/mol. The molecule has 0 unspecified atom stereocenters. The van der Waals surface area contributed by atoms with Gasteiger partial charge in [-0.05, 0) is 19.3 Å². The predicted molar refractivity (Wildman–Crippen MR) is 120 cm³/mol. The maximum atomic E-state index is 3.89. The lowest BCUT2D eigenvalue weighted by atomic mass is 10.1. The average Bonchev–Trinajstić information content (AvgIpc) is 2.73. The summed E-state index contributed by atoms with van der Waals surface area (Å²) in [5.41, 5.74) is 4.24. The fourth-order valence-electron chi connectivity index (χ4n) is 4.05. The Labute approximate surface area is 170 Å². The molecule has 0 bridgehead atoms. The van der Waals surface area contributed by atoms with E-state index >= 15 is 0 Å². The van der Waals surface area contributed by atoms with Crippen LogP contribution < -0.4 is 0 Å². The quantitative estimate of drug-likeness (QED) is 0.199. The van der Waals surface area contributed by atoms with Gasteiger partial charge in [-0.3, -0.25) is 0 Å². The SMILES string of the molecule is C=CCCCC[N+](Cc1ccccc1)(Cc1ccccc1)Cc1ccccc1. The van der Waals surface area contributed by atoms with E-state index in [4.69, 9.17) is 0 Å². The highest BCUT2D eigenvalue weighted by Gasteiger charge is 2.28. The van der Waals surface area contributed by atoms with Gasteiger partial charge in [-0.2, -0.15) is 0 Å². The second-order valence-corrected chi connectivity index (χ2v) is 7.78. The van der Waals surface area contributed by atoms with E-state index in [1.54, 1.807) is 0 Å². The number of hydrogen-bond donors (Lipinski definition) is 0. The van der Waals surface area contributed by atoms with Crippen molar-refractivity contribution in [3.8, 4) is 0 Å². The number of hydrogen-bond acceptors (Lipinski definition) is 0. The van der Waals surface area contributed by atoms with E-state index in [-0.39, 0.29) is 0 Å². The molecular formula is C27H32N+. The minimum atomic E-state index is 1.05. The molecule has 0 aliphatic heterocycles. The molecule has 0 fully saturated rings. The highest BCUT2D eigenvalue weighted by Crippen LogP contribution is 2.25. The lowest BCUT2D eigenvalue weighted by Gasteiger charge is -2.39. The van der Waals surface area contributed by atoms with Gasteiger partial charge in [-0.15, -0.1) is 6.58 Å². The van der Waals surface area contributed by atoms with Crippen molar-refractivity contribution >= 4 is 0 Å². The van der Waals surface area contributed by atoms with Crippen molar-refractivity contribution in [2.45, 2.75) is 38.9 Å². The largest absolute Gasteiger partial charge is 0.312 e. The standard InChI is InChI=1S/C27H32N/c1-2-3-4-14-21-28(22-25-15-8-5-9-16-25,23-26-17-10-6-11-18-26)24-27-19-12-7-13-20-27/h2,5-13,15-20H,1,3-4,14,21-24H2/q+1. The minimum absolute atomic E-state index is 1.05. The normalized spacial score (nSPS) is 11.3. The second kappa shape index (κ2) is 10.6. The maximum Gasteiger partial charge on any atom is 0.105 e. The van der Waals surface area contributed by atoms with E-state index in [9.17, 15) is 0 Å². The Bertz CT molecular complexity index is 707. The predicted octanol–water partition coefficient (Wildman–Crippen LogP) is 6.76. The van der Waals surface area contributed by atoms with E-state index in [0.29, 0.717) is 0 Å². The summed E-state index contributed by atoms with van der Waals surface area (Å²) in [5, 5.41) is 0. The molecule has 144 valence electrons. The van der Waals surface area contributed by atoms with Crippen LogP contribution >= 0.6 is 0 Å². The third-order valence-corrected chi connectivity index (χ3v) is 5.37. The summed E-state index contributed by atoms with van der Waals surface area (Å²) in [7, 11) is 0. The number of nitrogens with zero attached hydrogens (tertiary/aromatic N) is 1. The van der Waals surface area contributed by atoms with Gasteiger partial charge in [0.15, 0.2) is 0 Å². The van der Waals surface area contributed by atoms with Crippen LogP contribution in [0.4, 0.5) is 0 Å². The molecule has 28 heavy (non-hydrogen) atoms. The third-order valence-electron chi connectivity index (χ3n) is 5.37. The Morgan fingerprint density at radius 1 is 0.571 bits per heavy atom. The van der Waals surface area contributed by atoms with Crippen molar-refractivity contribution in [2.75, 3.05) is 6.54 Å². The molecule has 0 aliphatic rings. The first-order chi connectivity index (χ1) is 13.8. The van der Waals surface area contributed by atoms with Crippen LogP contribution in [-0.4, -0.2) is 11.0 Å². The minimum Gasteiger partial charge on any atom is -0.312 e. The number of quaternary nitrogens is 1. The summed E-state index contributed by atoms with van der Waals surface area (Å²) < 4.78 is 1.05. The van der Waals surface area contributed by atoms with E-state index in [2.05, 4.69) is 97.6 Å². The third kappa shape index (κ3) is 6.21. The highest BCUT2D eigenvalue weighted by atomic mass is 15.3. The summed E-state index contributed by atoms with van der Waals surface area (Å²) in [6.07, 6.45) is 5.57. The Morgan fingerprint density at radius 2 is 0.964 bits per heavy atom. The fraction of sp³-hybridized carbons (Fsp3) is 0.259. The van der Waals surface area contributed by atoms with Gasteiger partial charge in [0, 0.05) is 16.7 Å². The van der Waals surface area contributed by atoms with Crippen molar-refractivity contribution in [1.82, 2.24) is 0 Å². The molecule has 3 aromatic rings. The first-order valence-electron chi connectivity index (χ1n) is 10.4. The zero-order chi connectivity index (χ0) is 19.5. The van der Waals surface area contributed by atoms with Crippen molar-refractivity contribution in [2.24, 2.45) is 0 Å². The van der Waals surface area contributed by atoms with Gasteiger partial charge in [0.1, 0.15) is 19.6 Å². The van der Waals surface area contributed by atoms with Crippen molar-refractivity contribution < 1.29 is 4.48 Å². The van der Waals surface area contributed by atoms with E-state index in [1.165, 1.54) is 36.1 Å². The Hall–Kier alpha value is -2.64. The molecule has 3 rings (SSSR count). The van der Waals surface area contributed by atoms with E-state index < -0.39 is 0 Å². The van der Waals surface area contributed by atoms with Crippen LogP contribution in [0.15, 0.2) is 104 Å². The molecule has 0 heterocycles. The van der Waals surface area contributed by atoms with Crippen LogP contribution in [0.5, 0.6) is 0 Å². The molecule has 1 heteroatoms. The highest BCUT2D eigenvalue weighted by molar-refractivity contribution is 5.17. The van der Waals surface area contributed by atoms with Crippen LogP contribution in [0.25, 0.3) is 0 Å². The number of unbranched alkanes of at least 4 members (excludes halogenated alkanes) is 2. The molecule has 3 aromatic carbocycles. The summed E-state index contributed by atoms with van der Waals surface area (Å²) in [6, 6.07) is 32.9. The number of rotatable bonds is 11. The van der Waals surface area contributed by atoms with Gasteiger partial charge >= 0.3 is 0 Å². The Balaban J connectivity index is 1.91. The number of allylic oxidation sites excluding steroid dienone is 1. The van der Waals surface area contributed by atoms with Gasteiger partial charge in [0.25, 0.3) is 0 Å². The summed E-state index contributed by atoms with van der Waals surface area (Å²) in [6.45, 7) is 8.23. The molecule has 0 saturated heterocycles. The zero-order valence-corrected chi connectivity index (χ0v) is 16.8. The van der Waals surface area contributed by atoms with Gasteiger partial charge in [-0.1, -0.05) is 97.1 Å². The van der Waals surface area contributed by atoms with Crippen LogP contribution in [0.1, 0.15) is 36.0 Å². The Morgan fingerprint density at radius 3 is 1.32 bits per heavy atom. The molecule has 0 atom stereocenters. The van der Waals surface area contributed by atoms with Crippen LogP contribution in [-0.2, 0) is 19.6 Å². The van der Waals surface area contributed by atoms with Crippen LogP contribution in [0.3, 0.4) is 0 Å². The second-order valence-electron chi connectivity index (χ2n) is 7.78. The number of benzene rings is 3. The van der Waals surface area contributed by atoms with Crippen LogP contribution in [0, 0.1) is 0 Å². The topological polar surface area (TPSA) is 0 Å². The molecule has 0 N–H and O–H groups in total. The van der Waals surface area contributed by atoms with Crippen LogP contribution in [0.2, 0.25) is 0 Å². The van der Waals surface area contributed by atoms with Crippen molar-refractivity contribution in [1.29, 1.82) is 0 Å². The molecule has 0 spiro atoms. The smallest absolute Gasteiger partial charge is 0.105 e. The lowest BCUT2D eigenvalue weighted by Crippen LogP contribution is -2.46. The van der Waals surface area contributed by atoms with Gasteiger partial charge in [-0.25, -0.2) is 0 Å². The van der Waals surface area contributed by atoms with Crippen molar-refractivity contribution in [3.63, 3.8) is 0 Å². The van der Waals surface area contributed by atoms with E-state index in [1.807, 2.05) is 6.08 Å². The molecular weight excluding hydrogens is 338 g/mol. The molecule has 0 aromatic heterocycles. The first kappa shape index (κ1) is 20.1. The molecule has 0 amide bonds.